The van der Waals surface area contributed by atoms with E-state index >= 15 is 0 Å². The molecule has 2 amide bonds. The number of nitrogens with one attached hydrogen (secondary N) is 2. The van der Waals surface area contributed by atoms with Crippen LogP contribution >= 0.6 is 11.3 Å². The largest absolute Gasteiger partial charge is 0.379 e. The summed E-state index contributed by atoms with van der Waals surface area (Å²) in [6.07, 6.45) is 11.8. The molecule has 2 N–H and O–H groups in total. The number of rotatable bonds is 5. The number of ether oxygens (including phenoxy) is 1. The molecule has 0 radical (unpaired) electrons. The minimum absolute atomic E-state index is 0.0837. The molecule has 0 spiro atoms. The van der Waals surface area contributed by atoms with Crippen LogP contribution < -0.4 is 5.32 Å². The van der Waals surface area contributed by atoms with Gasteiger partial charge in [0.05, 0.1) is 13.2 Å². The molecule has 35 heavy (non-hydrogen) atoms. The number of hydrogen-bond donors (Lipinski definition) is 2. The molecule has 0 unspecified atom stereocenters. The summed E-state index contributed by atoms with van der Waals surface area (Å²) < 4.78 is 5.47. The summed E-state index contributed by atoms with van der Waals surface area (Å²) in [7, 11) is 0. The number of fused-ring (bicyclic) bond motifs is 1. The van der Waals surface area contributed by atoms with Crippen molar-refractivity contribution in [2.45, 2.75) is 44.7 Å². The predicted molar refractivity (Wildman–Crippen MR) is 140 cm³/mol. The Hall–Kier alpha value is -2.68. The Kier molecular flexibility index (Phi) is 6.59. The Bertz CT molecular complexity index is 1220. The van der Waals surface area contributed by atoms with Gasteiger partial charge in [-0.1, -0.05) is 18.9 Å². The monoisotopic (exact) mass is 491 g/mol. The van der Waals surface area contributed by atoms with Crippen LogP contribution in [-0.2, 0) is 11.3 Å². The van der Waals surface area contributed by atoms with Gasteiger partial charge >= 0.3 is 6.03 Å². The van der Waals surface area contributed by atoms with E-state index < -0.39 is 0 Å². The third-order valence-corrected chi connectivity index (χ3v) is 8.45. The predicted octanol–water partition coefficient (Wildman–Crippen LogP) is 4.86. The van der Waals surface area contributed by atoms with Crippen LogP contribution in [0.1, 0.15) is 42.5 Å². The van der Waals surface area contributed by atoms with Crippen LogP contribution in [0.3, 0.4) is 0 Å². The third kappa shape index (κ3) is 5.01. The van der Waals surface area contributed by atoms with Gasteiger partial charge in [0.2, 0.25) is 0 Å². The van der Waals surface area contributed by atoms with Crippen molar-refractivity contribution >= 4 is 34.0 Å². The zero-order valence-corrected chi connectivity index (χ0v) is 20.9. The molecule has 1 saturated carbocycles. The Morgan fingerprint density at radius 1 is 1.17 bits per heavy atom. The van der Waals surface area contributed by atoms with E-state index in [4.69, 9.17) is 9.72 Å². The molecule has 6 rings (SSSR count). The van der Waals surface area contributed by atoms with Crippen molar-refractivity contribution in [1.29, 1.82) is 0 Å². The van der Waals surface area contributed by atoms with Crippen molar-refractivity contribution in [2.75, 3.05) is 39.4 Å². The quantitative estimate of drug-likeness (QED) is 0.534. The molecule has 2 aliphatic heterocycles. The van der Waals surface area contributed by atoms with E-state index in [-0.39, 0.29) is 6.03 Å². The Morgan fingerprint density at radius 3 is 2.83 bits per heavy atom. The average molecular weight is 492 g/mol. The summed E-state index contributed by atoms with van der Waals surface area (Å²) in [4.78, 5) is 26.5. The van der Waals surface area contributed by atoms with Gasteiger partial charge in [-0.05, 0) is 47.9 Å². The lowest BCUT2D eigenvalue weighted by Crippen LogP contribution is -2.45. The molecule has 3 aromatic rings. The fourth-order valence-electron chi connectivity index (χ4n) is 5.46. The van der Waals surface area contributed by atoms with Gasteiger partial charge in [-0.25, -0.2) is 9.78 Å². The highest BCUT2D eigenvalue weighted by molar-refractivity contribution is 7.10. The number of carbonyl (C=O) groups excluding carboxylic acids is 1. The van der Waals surface area contributed by atoms with Gasteiger partial charge in [-0.2, -0.15) is 0 Å². The number of thiophene rings is 1. The van der Waals surface area contributed by atoms with Gasteiger partial charge in [0.25, 0.3) is 0 Å². The molecule has 8 heteroatoms. The minimum Gasteiger partial charge on any atom is -0.379 e. The number of morpholine rings is 1. The summed E-state index contributed by atoms with van der Waals surface area (Å²) in [6.45, 7) is 6.05. The van der Waals surface area contributed by atoms with Gasteiger partial charge in [0, 0.05) is 72.5 Å². The molecule has 0 atom stereocenters. The SMILES string of the molecule is O=C(NC1CCCC1)N1CC=C(c2c[nH]c3ncc(-c4csc(CN5CCOCC5)c4)cc23)CC1. The smallest absolute Gasteiger partial charge is 0.317 e. The standard InChI is InChI=1S/C27H33N5O2S/c33-27(30-22-3-1-2-4-22)32-7-5-19(6-8-32)25-16-29-26-24(25)14-20(15-28-26)21-13-23(35-18-21)17-31-9-11-34-12-10-31/h5,13-16,18,22H,1-4,6-12,17H2,(H,28,29)(H,30,33). The highest BCUT2D eigenvalue weighted by atomic mass is 32.1. The normalized spacial score (nSPS) is 19.9. The fraction of sp³-hybridized carbons (Fsp3) is 0.481. The summed E-state index contributed by atoms with van der Waals surface area (Å²) in [5, 5.41) is 6.61. The van der Waals surface area contributed by atoms with Crippen molar-refractivity contribution in [3.63, 3.8) is 0 Å². The van der Waals surface area contributed by atoms with Crippen molar-refractivity contribution in [3.8, 4) is 11.1 Å². The second-order valence-corrected chi connectivity index (χ2v) is 10.9. The maximum absolute atomic E-state index is 12.7. The maximum atomic E-state index is 12.7. The van der Waals surface area contributed by atoms with E-state index in [1.54, 1.807) is 0 Å². The van der Waals surface area contributed by atoms with Crippen LogP contribution in [0.25, 0.3) is 27.7 Å². The highest BCUT2D eigenvalue weighted by Gasteiger charge is 2.23. The first kappa shape index (κ1) is 22.8. The molecule has 184 valence electrons. The first-order chi connectivity index (χ1) is 17.2. The molecule has 1 aliphatic carbocycles. The number of aromatic amines is 1. The molecular formula is C27H33N5O2S. The van der Waals surface area contributed by atoms with E-state index in [1.807, 2.05) is 22.4 Å². The van der Waals surface area contributed by atoms with Crippen LogP contribution in [0.15, 0.2) is 36.0 Å². The van der Waals surface area contributed by atoms with E-state index in [2.05, 4.69) is 45.0 Å². The molecule has 2 fully saturated rings. The number of carbonyl (C=O) groups is 1. The maximum Gasteiger partial charge on any atom is 0.317 e. The van der Waals surface area contributed by atoms with E-state index in [1.165, 1.54) is 34.4 Å². The zero-order valence-electron chi connectivity index (χ0n) is 20.1. The lowest BCUT2D eigenvalue weighted by molar-refractivity contribution is 0.0346. The van der Waals surface area contributed by atoms with E-state index in [9.17, 15) is 4.79 Å². The van der Waals surface area contributed by atoms with Crippen molar-refractivity contribution < 1.29 is 9.53 Å². The lowest BCUT2D eigenvalue weighted by atomic mass is 9.98. The van der Waals surface area contributed by atoms with Crippen molar-refractivity contribution in [1.82, 2.24) is 25.1 Å². The molecule has 5 heterocycles. The van der Waals surface area contributed by atoms with Gasteiger partial charge < -0.3 is 19.9 Å². The Balaban J connectivity index is 1.16. The molecule has 7 nitrogen and oxygen atoms in total. The number of nitrogens with zero attached hydrogens (tertiary/aromatic N) is 3. The summed E-state index contributed by atoms with van der Waals surface area (Å²) >= 11 is 1.82. The van der Waals surface area contributed by atoms with Gasteiger partial charge in [0.15, 0.2) is 0 Å². The van der Waals surface area contributed by atoms with Crippen LogP contribution in [0.2, 0.25) is 0 Å². The van der Waals surface area contributed by atoms with Crippen LogP contribution in [0, 0.1) is 0 Å². The molecule has 3 aromatic heterocycles. The molecule has 0 aromatic carbocycles. The minimum atomic E-state index is 0.0837. The average Bonchev–Trinajstić information content (AvgIpc) is 3.66. The zero-order chi connectivity index (χ0) is 23.6. The molecular weight excluding hydrogens is 458 g/mol. The highest BCUT2D eigenvalue weighted by Crippen LogP contribution is 2.33. The van der Waals surface area contributed by atoms with Gasteiger partial charge in [0.1, 0.15) is 5.65 Å². The summed E-state index contributed by atoms with van der Waals surface area (Å²) in [5.41, 5.74) is 5.78. The Morgan fingerprint density at radius 2 is 2.03 bits per heavy atom. The first-order valence-electron chi connectivity index (χ1n) is 12.8. The number of urea groups is 1. The van der Waals surface area contributed by atoms with Crippen LogP contribution in [0.4, 0.5) is 4.79 Å². The third-order valence-electron chi connectivity index (χ3n) is 7.53. The van der Waals surface area contributed by atoms with Crippen molar-refractivity contribution in [3.05, 3.63) is 46.4 Å². The number of hydrogen-bond acceptors (Lipinski definition) is 5. The second-order valence-electron chi connectivity index (χ2n) is 9.87. The first-order valence-corrected chi connectivity index (χ1v) is 13.7. The molecule has 1 saturated heterocycles. The number of pyridine rings is 1. The van der Waals surface area contributed by atoms with Gasteiger partial charge in [-0.3, -0.25) is 4.90 Å². The fourth-order valence-corrected chi connectivity index (χ4v) is 6.39. The molecule has 0 bridgehead atoms. The van der Waals surface area contributed by atoms with E-state index in [0.29, 0.717) is 12.6 Å². The van der Waals surface area contributed by atoms with Gasteiger partial charge in [-0.15, -0.1) is 11.3 Å². The summed E-state index contributed by atoms with van der Waals surface area (Å²) in [5.74, 6) is 0. The van der Waals surface area contributed by atoms with Crippen molar-refractivity contribution in [2.24, 2.45) is 0 Å². The molecule has 3 aliphatic rings. The second kappa shape index (κ2) is 10.1. The van der Waals surface area contributed by atoms with Crippen LogP contribution in [-0.4, -0.2) is 71.2 Å². The number of amides is 2. The Labute approximate surface area is 210 Å². The van der Waals surface area contributed by atoms with Crippen LogP contribution in [0.5, 0.6) is 0 Å². The number of H-pyrrole nitrogens is 1. The topological polar surface area (TPSA) is 73.5 Å². The summed E-state index contributed by atoms with van der Waals surface area (Å²) in [6, 6.07) is 5.00. The lowest BCUT2D eigenvalue weighted by Gasteiger charge is -2.28. The number of aromatic nitrogens is 2. The van der Waals surface area contributed by atoms with E-state index in [0.717, 1.165) is 75.3 Å².